The van der Waals surface area contributed by atoms with Gasteiger partial charge in [0.25, 0.3) is 5.89 Å². The third kappa shape index (κ3) is 2.46. The molecule has 100 valence electrons. The van der Waals surface area contributed by atoms with Crippen molar-refractivity contribution in [3.8, 4) is 11.5 Å². The van der Waals surface area contributed by atoms with Gasteiger partial charge in [-0.2, -0.15) is 4.98 Å². The lowest BCUT2D eigenvalue weighted by atomic mass is 10.00. The highest BCUT2D eigenvalue weighted by Gasteiger charge is 2.22. The van der Waals surface area contributed by atoms with Crippen LogP contribution < -0.4 is 5.73 Å². The summed E-state index contributed by atoms with van der Waals surface area (Å²) in [5.41, 5.74) is 8.55. The van der Waals surface area contributed by atoms with E-state index in [4.69, 9.17) is 15.0 Å². The topological polar surface area (TPSA) is 74.2 Å². The van der Waals surface area contributed by atoms with Gasteiger partial charge < -0.3 is 15.0 Å². The van der Waals surface area contributed by atoms with Gasteiger partial charge in [0.2, 0.25) is 0 Å². The lowest BCUT2D eigenvalue weighted by Crippen LogP contribution is -2.15. The molecule has 1 aliphatic heterocycles. The Bertz CT molecular complexity index is 574. The van der Waals surface area contributed by atoms with Gasteiger partial charge in [0, 0.05) is 24.8 Å². The molecule has 0 saturated carbocycles. The number of aryl methyl sites for hydroxylation is 1. The fraction of sp³-hybridized carbons (Fsp3) is 0.429. The van der Waals surface area contributed by atoms with Crippen LogP contribution in [0, 0.1) is 6.92 Å². The Labute approximate surface area is 111 Å². The molecule has 1 aromatic heterocycles. The van der Waals surface area contributed by atoms with Gasteiger partial charge in [-0.3, -0.25) is 0 Å². The number of hydrogen-bond donors (Lipinski definition) is 1. The zero-order valence-corrected chi connectivity index (χ0v) is 10.9. The lowest BCUT2D eigenvalue weighted by molar-refractivity contribution is 0.0830. The monoisotopic (exact) mass is 259 g/mol. The number of hydrogen-bond acceptors (Lipinski definition) is 5. The maximum atomic E-state index is 5.96. The smallest absolute Gasteiger partial charge is 0.260 e. The molecular formula is C14H17N3O2. The van der Waals surface area contributed by atoms with E-state index in [2.05, 4.69) is 10.1 Å². The number of anilines is 1. The highest BCUT2D eigenvalue weighted by Crippen LogP contribution is 2.29. The molecule has 0 bridgehead atoms. The summed E-state index contributed by atoms with van der Waals surface area (Å²) in [6.45, 7) is 3.54. The van der Waals surface area contributed by atoms with Crippen molar-refractivity contribution in [3.05, 3.63) is 29.6 Å². The number of nitrogen functional groups attached to an aromatic ring is 1. The van der Waals surface area contributed by atoms with Crippen molar-refractivity contribution in [2.75, 3.05) is 18.9 Å². The minimum atomic E-state index is 0.331. The molecule has 0 atom stereocenters. The molecule has 1 aromatic carbocycles. The average Bonchev–Trinajstić information content (AvgIpc) is 2.92. The summed E-state index contributed by atoms with van der Waals surface area (Å²) in [6, 6.07) is 5.80. The summed E-state index contributed by atoms with van der Waals surface area (Å²) in [7, 11) is 0. The molecule has 1 saturated heterocycles. The summed E-state index contributed by atoms with van der Waals surface area (Å²) in [5.74, 6) is 1.60. The predicted molar refractivity (Wildman–Crippen MR) is 71.7 cm³/mol. The summed E-state index contributed by atoms with van der Waals surface area (Å²) in [4.78, 5) is 4.49. The second kappa shape index (κ2) is 5.01. The first-order valence-electron chi connectivity index (χ1n) is 6.52. The zero-order valence-electron chi connectivity index (χ0n) is 10.9. The first-order chi connectivity index (χ1) is 9.24. The van der Waals surface area contributed by atoms with E-state index >= 15 is 0 Å². The number of ether oxygens (including phenoxy) is 1. The molecule has 1 aliphatic rings. The van der Waals surface area contributed by atoms with Crippen molar-refractivity contribution in [3.63, 3.8) is 0 Å². The van der Waals surface area contributed by atoms with Crippen molar-refractivity contribution in [1.82, 2.24) is 10.1 Å². The highest BCUT2D eigenvalue weighted by molar-refractivity contribution is 5.70. The third-order valence-corrected chi connectivity index (χ3v) is 3.47. The minimum Gasteiger partial charge on any atom is -0.398 e. The fourth-order valence-corrected chi connectivity index (χ4v) is 2.32. The molecule has 1 fully saturated rings. The molecule has 2 aromatic rings. The van der Waals surface area contributed by atoms with Gasteiger partial charge in [0.05, 0.1) is 5.56 Å². The van der Waals surface area contributed by atoms with E-state index in [1.807, 2.05) is 25.1 Å². The van der Waals surface area contributed by atoms with E-state index in [1.165, 1.54) is 0 Å². The van der Waals surface area contributed by atoms with Gasteiger partial charge in [-0.25, -0.2) is 0 Å². The summed E-state index contributed by atoms with van der Waals surface area (Å²) >= 11 is 0. The van der Waals surface area contributed by atoms with Crippen LogP contribution in [-0.2, 0) is 4.74 Å². The van der Waals surface area contributed by atoms with Gasteiger partial charge >= 0.3 is 0 Å². The van der Waals surface area contributed by atoms with E-state index in [1.54, 1.807) is 0 Å². The van der Waals surface area contributed by atoms with E-state index in [0.29, 0.717) is 17.5 Å². The first kappa shape index (κ1) is 12.2. The Morgan fingerprint density at radius 2 is 2.05 bits per heavy atom. The van der Waals surface area contributed by atoms with E-state index < -0.39 is 0 Å². The maximum Gasteiger partial charge on any atom is 0.260 e. The summed E-state index contributed by atoms with van der Waals surface area (Å²) in [6.07, 6.45) is 1.89. The van der Waals surface area contributed by atoms with Gasteiger partial charge in [-0.15, -0.1) is 0 Å². The van der Waals surface area contributed by atoms with Crippen molar-refractivity contribution in [2.24, 2.45) is 0 Å². The predicted octanol–water partition coefficient (Wildman–Crippen LogP) is 2.52. The largest absolute Gasteiger partial charge is 0.398 e. The molecule has 0 amide bonds. The molecule has 2 N–H and O–H groups in total. The fourth-order valence-electron chi connectivity index (χ4n) is 2.32. The van der Waals surface area contributed by atoms with Crippen LogP contribution in [0.3, 0.4) is 0 Å². The van der Waals surface area contributed by atoms with Gasteiger partial charge in [-0.1, -0.05) is 16.8 Å². The zero-order chi connectivity index (χ0) is 13.2. The standard InChI is InChI=1S/C14H17N3O2/c1-9-2-3-12(15)11(8-9)14-16-13(17-19-14)10-4-6-18-7-5-10/h2-3,8,10H,4-7,15H2,1H3. The summed E-state index contributed by atoms with van der Waals surface area (Å²) in [5, 5.41) is 4.09. The molecular weight excluding hydrogens is 242 g/mol. The van der Waals surface area contributed by atoms with Gasteiger partial charge in [-0.05, 0) is 31.9 Å². The van der Waals surface area contributed by atoms with Crippen molar-refractivity contribution < 1.29 is 9.26 Å². The highest BCUT2D eigenvalue weighted by atomic mass is 16.5. The van der Waals surface area contributed by atoms with Crippen LogP contribution in [0.4, 0.5) is 5.69 Å². The molecule has 0 aliphatic carbocycles. The van der Waals surface area contributed by atoms with E-state index in [-0.39, 0.29) is 0 Å². The Morgan fingerprint density at radius 1 is 1.26 bits per heavy atom. The number of aromatic nitrogens is 2. The van der Waals surface area contributed by atoms with Crippen molar-refractivity contribution >= 4 is 5.69 Å². The average molecular weight is 259 g/mol. The quantitative estimate of drug-likeness (QED) is 0.839. The normalized spacial score (nSPS) is 16.7. The first-order valence-corrected chi connectivity index (χ1v) is 6.52. The molecule has 5 nitrogen and oxygen atoms in total. The minimum absolute atomic E-state index is 0.331. The van der Waals surface area contributed by atoms with Crippen LogP contribution in [0.1, 0.15) is 30.1 Å². The van der Waals surface area contributed by atoms with Crippen LogP contribution in [0.25, 0.3) is 11.5 Å². The molecule has 0 unspecified atom stereocenters. The number of nitrogens with two attached hydrogens (primary N) is 1. The van der Waals surface area contributed by atoms with Crippen molar-refractivity contribution in [1.29, 1.82) is 0 Å². The molecule has 0 radical (unpaired) electrons. The molecule has 5 heteroatoms. The van der Waals surface area contributed by atoms with Crippen LogP contribution >= 0.6 is 0 Å². The third-order valence-electron chi connectivity index (χ3n) is 3.47. The van der Waals surface area contributed by atoms with Crippen LogP contribution in [0.5, 0.6) is 0 Å². The SMILES string of the molecule is Cc1ccc(N)c(-c2nc(C3CCOCC3)no2)c1. The number of rotatable bonds is 2. The Hall–Kier alpha value is -1.88. The van der Waals surface area contributed by atoms with Crippen LogP contribution in [0.2, 0.25) is 0 Å². The van der Waals surface area contributed by atoms with Crippen molar-refractivity contribution in [2.45, 2.75) is 25.7 Å². The van der Waals surface area contributed by atoms with Crippen LogP contribution in [0.15, 0.2) is 22.7 Å². The second-order valence-corrected chi connectivity index (χ2v) is 4.94. The summed E-state index contributed by atoms with van der Waals surface area (Å²) < 4.78 is 10.7. The molecule has 2 heterocycles. The second-order valence-electron chi connectivity index (χ2n) is 4.94. The number of benzene rings is 1. The van der Waals surface area contributed by atoms with E-state index in [9.17, 15) is 0 Å². The Morgan fingerprint density at radius 3 is 2.84 bits per heavy atom. The molecule has 0 spiro atoms. The van der Waals surface area contributed by atoms with Crippen LogP contribution in [-0.4, -0.2) is 23.4 Å². The molecule has 19 heavy (non-hydrogen) atoms. The Kier molecular flexibility index (Phi) is 3.21. The maximum absolute atomic E-state index is 5.96. The number of nitrogens with zero attached hydrogens (tertiary/aromatic N) is 2. The lowest BCUT2D eigenvalue weighted by Gasteiger charge is -2.18. The van der Waals surface area contributed by atoms with Gasteiger partial charge in [0.1, 0.15) is 0 Å². The van der Waals surface area contributed by atoms with E-state index in [0.717, 1.165) is 43.0 Å². The molecule has 3 rings (SSSR count). The Balaban J connectivity index is 1.89. The van der Waals surface area contributed by atoms with Gasteiger partial charge in [0.15, 0.2) is 5.82 Å².